The van der Waals surface area contributed by atoms with Crippen molar-refractivity contribution in [2.45, 2.75) is 26.0 Å². The second-order valence-electron chi connectivity index (χ2n) is 4.83. The molecule has 0 aliphatic rings. The third kappa shape index (κ3) is 5.18. The molecule has 0 heterocycles. The van der Waals surface area contributed by atoms with Gasteiger partial charge in [-0.15, -0.1) is 0 Å². The largest absolute Gasteiger partial charge is 0.377 e. The summed E-state index contributed by atoms with van der Waals surface area (Å²) in [5.41, 5.74) is 6.69. The topological polar surface area (TPSA) is 38.5 Å². The Bertz CT molecular complexity index is 401. The zero-order valence-corrected chi connectivity index (χ0v) is 13.3. The van der Waals surface area contributed by atoms with Crippen molar-refractivity contribution in [2.75, 3.05) is 26.7 Å². The van der Waals surface area contributed by atoms with E-state index in [1.54, 1.807) is 6.07 Å². The van der Waals surface area contributed by atoms with Crippen LogP contribution in [0.3, 0.4) is 0 Å². The first kappa shape index (κ1) is 16.6. The van der Waals surface area contributed by atoms with Crippen molar-refractivity contribution in [1.29, 1.82) is 0 Å². The molecule has 0 radical (unpaired) electrons. The highest BCUT2D eigenvalue weighted by molar-refractivity contribution is 9.10. The van der Waals surface area contributed by atoms with Crippen LogP contribution in [0.1, 0.15) is 25.5 Å². The number of hydrogen-bond donors (Lipinski definition) is 1. The SMILES string of the molecule is CC(C)OCCN(C)C(CN)c1ccc(Br)c(F)c1. The molecule has 0 aliphatic carbocycles. The van der Waals surface area contributed by atoms with E-state index in [0.29, 0.717) is 17.6 Å². The summed E-state index contributed by atoms with van der Waals surface area (Å²) >= 11 is 3.16. The molecule has 1 rings (SSSR count). The zero-order valence-electron chi connectivity index (χ0n) is 11.7. The molecule has 2 N–H and O–H groups in total. The molecule has 0 bridgehead atoms. The van der Waals surface area contributed by atoms with E-state index in [2.05, 4.69) is 20.8 Å². The van der Waals surface area contributed by atoms with Gasteiger partial charge < -0.3 is 10.5 Å². The molecular formula is C14H22BrFN2O. The number of likely N-dealkylation sites (N-methyl/N-ethyl adjacent to an activating group) is 1. The maximum atomic E-state index is 13.6. The number of rotatable bonds is 7. The van der Waals surface area contributed by atoms with Gasteiger partial charge in [0, 0.05) is 19.1 Å². The molecule has 1 aromatic rings. The van der Waals surface area contributed by atoms with Gasteiger partial charge >= 0.3 is 0 Å². The van der Waals surface area contributed by atoms with E-state index in [1.165, 1.54) is 6.07 Å². The first-order chi connectivity index (χ1) is 8.95. The van der Waals surface area contributed by atoms with E-state index in [-0.39, 0.29) is 18.0 Å². The summed E-state index contributed by atoms with van der Waals surface area (Å²) in [6.07, 6.45) is 0.217. The highest BCUT2D eigenvalue weighted by Gasteiger charge is 2.16. The minimum absolute atomic E-state index is 0.00152. The van der Waals surface area contributed by atoms with Crippen LogP contribution in [0.25, 0.3) is 0 Å². The van der Waals surface area contributed by atoms with Gasteiger partial charge in [0.05, 0.1) is 17.2 Å². The predicted molar refractivity (Wildman–Crippen MR) is 79.6 cm³/mol. The van der Waals surface area contributed by atoms with Gasteiger partial charge in [-0.3, -0.25) is 4.90 Å². The summed E-state index contributed by atoms with van der Waals surface area (Å²) in [6, 6.07) is 5.14. The second-order valence-corrected chi connectivity index (χ2v) is 5.68. The Morgan fingerprint density at radius 1 is 1.42 bits per heavy atom. The summed E-state index contributed by atoms with van der Waals surface area (Å²) in [6.45, 7) is 5.86. The van der Waals surface area contributed by atoms with Crippen LogP contribution in [0.15, 0.2) is 22.7 Å². The van der Waals surface area contributed by atoms with E-state index in [1.807, 2.05) is 27.0 Å². The van der Waals surface area contributed by atoms with E-state index < -0.39 is 0 Å². The van der Waals surface area contributed by atoms with Crippen LogP contribution in [-0.2, 0) is 4.74 Å². The molecule has 0 amide bonds. The fourth-order valence-corrected chi connectivity index (χ4v) is 2.13. The van der Waals surface area contributed by atoms with Gasteiger partial charge in [0.1, 0.15) is 5.82 Å². The van der Waals surface area contributed by atoms with Crippen molar-refractivity contribution in [1.82, 2.24) is 4.90 Å². The lowest BCUT2D eigenvalue weighted by molar-refractivity contribution is 0.0564. The fourth-order valence-electron chi connectivity index (χ4n) is 1.88. The van der Waals surface area contributed by atoms with Gasteiger partial charge in [-0.25, -0.2) is 4.39 Å². The zero-order chi connectivity index (χ0) is 14.4. The number of hydrogen-bond acceptors (Lipinski definition) is 3. The molecular weight excluding hydrogens is 311 g/mol. The average Bonchev–Trinajstić information content (AvgIpc) is 2.34. The molecule has 0 aromatic heterocycles. The Balaban J connectivity index is 2.67. The van der Waals surface area contributed by atoms with Crippen LogP contribution >= 0.6 is 15.9 Å². The maximum Gasteiger partial charge on any atom is 0.137 e. The molecule has 5 heteroatoms. The Morgan fingerprint density at radius 3 is 2.63 bits per heavy atom. The van der Waals surface area contributed by atoms with Gasteiger partial charge in [0.15, 0.2) is 0 Å². The monoisotopic (exact) mass is 332 g/mol. The van der Waals surface area contributed by atoms with Crippen LogP contribution in [0.2, 0.25) is 0 Å². The first-order valence-corrected chi connectivity index (χ1v) is 7.21. The lowest BCUT2D eigenvalue weighted by Gasteiger charge is -2.27. The predicted octanol–water partition coefficient (Wildman–Crippen LogP) is 2.94. The smallest absolute Gasteiger partial charge is 0.137 e. The summed E-state index contributed by atoms with van der Waals surface area (Å²) < 4.78 is 19.6. The van der Waals surface area contributed by atoms with Crippen molar-refractivity contribution < 1.29 is 9.13 Å². The standard InChI is InChI=1S/C14H22BrFN2O/c1-10(2)19-7-6-18(3)14(9-17)11-4-5-12(15)13(16)8-11/h4-5,8,10,14H,6-7,9,17H2,1-3H3. The lowest BCUT2D eigenvalue weighted by atomic mass is 10.1. The van der Waals surface area contributed by atoms with E-state index in [0.717, 1.165) is 12.1 Å². The van der Waals surface area contributed by atoms with Crippen LogP contribution in [0.5, 0.6) is 0 Å². The molecule has 0 fully saturated rings. The number of benzene rings is 1. The average molecular weight is 333 g/mol. The molecule has 3 nitrogen and oxygen atoms in total. The highest BCUT2D eigenvalue weighted by atomic mass is 79.9. The Labute approximate surface area is 123 Å². The summed E-state index contributed by atoms with van der Waals surface area (Å²) in [7, 11) is 1.97. The summed E-state index contributed by atoms with van der Waals surface area (Å²) in [5.74, 6) is -0.261. The van der Waals surface area contributed by atoms with Crippen LogP contribution in [0.4, 0.5) is 4.39 Å². The number of nitrogens with two attached hydrogens (primary N) is 1. The first-order valence-electron chi connectivity index (χ1n) is 6.42. The molecule has 1 unspecified atom stereocenters. The normalized spacial score (nSPS) is 13.3. The number of ether oxygens (including phenoxy) is 1. The molecule has 0 aliphatic heterocycles. The summed E-state index contributed by atoms with van der Waals surface area (Å²) in [4.78, 5) is 2.09. The van der Waals surface area contributed by atoms with Crippen molar-refractivity contribution in [3.63, 3.8) is 0 Å². The van der Waals surface area contributed by atoms with E-state index >= 15 is 0 Å². The minimum atomic E-state index is -0.261. The van der Waals surface area contributed by atoms with Crippen LogP contribution in [-0.4, -0.2) is 37.7 Å². The number of halogens is 2. The third-order valence-electron chi connectivity index (χ3n) is 2.98. The van der Waals surface area contributed by atoms with E-state index in [4.69, 9.17) is 10.5 Å². The minimum Gasteiger partial charge on any atom is -0.377 e. The molecule has 19 heavy (non-hydrogen) atoms. The van der Waals surface area contributed by atoms with Crippen molar-refractivity contribution >= 4 is 15.9 Å². The Morgan fingerprint density at radius 2 is 2.11 bits per heavy atom. The second kappa shape index (κ2) is 7.94. The fraction of sp³-hybridized carbons (Fsp3) is 0.571. The molecule has 108 valence electrons. The molecule has 1 aromatic carbocycles. The summed E-state index contributed by atoms with van der Waals surface area (Å²) in [5, 5.41) is 0. The maximum absolute atomic E-state index is 13.6. The van der Waals surface area contributed by atoms with Gasteiger partial charge in [-0.2, -0.15) is 0 Å². The molecule has 1 atom stereocenters. The lowest BCUT2D eigenvalue weighted by Crippen LogP contribution is -2.33. The Hall–Kier alpha value is -0.490. The van der Waals surface area contributed by atoms with Crippen LogP contribution in [0, 0.1) is 5.82 Å². The van der Waals surface area contributed by atoms with Crippen molar-refractivity contribution in [3.8, 4) is 0 Å². The van der Waals surface area contributed by atoms with Crippen molar-refractivity contribution in [2.24, 2.45) is 5.73 Å². The van der Waals surface area contributed by atoms with Gasteiger partial charge in [0.2, 0.25) is 0 Å². The number of nitrogens with zero attached hydrogens (tertiary/aromatic N) is 1. The molecule has 0 spiro atoms. The van der Waals surface area contributed by atoms with Gasteiger partial charge in [0.25, 0.3) is 0 Å². The molecule has 0 saturated heterocycles. The van der Waals surface area contributed by atoms with Gasteiger partial charge in [-0.1, -0.05) is 6.07 Å². The van der Waals surface area contributed by atoms with Crippen LogP contribution < -0.4 is 5.73 Å². The van der Waals surface area contributed by atoms with Gasteiger partial charge in [-0.05, 0) is 54.5 Å². The van der Waals surface area contributed by atoms with E-state index in [9.17, 15) is 4.39 Å². The Kier molecular flexibility index (Phi) is 6.93. The highest BCUT2D eigenvalue weighted by Crippen LogP contribution is 2.23. The quantitative estimate of drug-likeness (QED) is 0.834. The van der Waals surface area contributed by atoms with Crippen molar-refractivity contribution in [3.05, 3.63) is 34.1 Å². The third-order valence-corrected chi connectivity index (χ3v) is 3.62. The molecule has 0 saturated carbocycles.